The van der Waals surface area contributed by atoms with Gasteiger partial charge < -0.3 is 15.2 Å². The van der Waals surface area contributed by atoms with Crippen molar-refractivity contribution >= 4 is 12.3 Å². The van der Waals surface area contributed by atoms with Crippen molar-refractivity contribution in [1.82, 2.24) is 5.32 Å². The molecule has 0 rings (SSSR count). The van der Waals surface area contributed by atoms with Crippen LogP contribution in [-0.2, 0) is 9.59 Å². The normalized spacial score (nSPS) is 12.5. The maximum atomic E-state index is 10.3. The molecule has 0 aliphatic heterocycles. The minimum Gasteiger partial charge on any atom is -0.480 e. The molecule has 0 bridgehead atoms. The van der Waals surface area contributed by atoms with Crippen LogP contribution in [0.2, 0.25) is 0 Å². The van der Waals surface area contributed by atoms with Crippen molar-refractivity contribution < 1.29 is 14.7 Å². The fraction of sp³-hybridized carbons (Fsp3) is 0.667. The van der Waals surface area contributed by atoms with Gasteiger partial charge in [-0.2, -0.15) is 0 Å². The van der Waals surface area contributed by atoms with Crippen LogP contribution < -0.4 is 5.32 Å². The molecule has 2 N–H and O–H groups in total. The fourth-order valence-electron chi connectivity index (χ4n) is 0.626. The molecule has 10 heavy (non-hydrogen) atoms. The third kappa shape index (κ3) is 3.19. The highest BCUT2D eigenvalue weighted by molar-refractivity contribution is 5.73. The van der Waals surface area contributed by atoms with Gasteiger partial charge in [0.2, 0.25) is 0 Å². The zero-order valence-corrected chi connectivity index (χ0v) is 5.83. The molecule has 58 valence electrons. The van der Waals surface area contributed by atoms with Gasteiger partial charge >= 0.3 is 5.97 Å². The SMILES string of the molecule is CN[C@H](CCC=O)C(=O)O. The lowest BCUT2D eigenvalue weighted by atomic mass is 10.2. The molecule has 0 fully saturated rings. The van der Waals surface area contributed by atoms with E-state index in [1.807, 2.05) is 0 Å². The van der Waals surface area contributed by atoms with E-state index >= 15 is 0 Å². The summed E-state index contributed by atoms with van der Waals surface area (Å²) in [6, 6.07) is -0.592. The van der Waals surface area contributed by atoms with Crippen LogP contribution in [0, 0.1) is 0 Å². The Morgan fingerprint density at radius 2 is 2.40 bits per heavy atom. The molecule has 4 nitrogen and oxygen atoms in total. The highest BCUT2D eigenvalue weighted by atomic mass is 16.4. The first-order valence-corrected chi connectivity index (χ1v) is 3.06. The highest BCUT2D eigenvalue weighted by Crippen LogP contribution is 1.93. The summed E-state index contributed by atoms with van der Waals surface area (Å²) in [5.41, 5.74) is 0. The van der Waals surface area contributed by atoms with Gasteiger partial charge in [0, 0.05) is 6.42 Å². The molecule has 0 aliphatic carbocycles. The summed E-state index contributed by atoms with van der Waals surface area (Å²) in [6.45, 7) is 0. The second kappa shape index (κ2) is 4.93. The van der Waals surface area contributed by atoms with Gasteiger partial charge in [-0.1, -0.05) is 0 Å². The molecule has 0 aliphatic rings. The second-order valence-corrected chi connectivity index (χ2v) is 1.92. The maximum Gasteiger partial charge on any atom is 0.320 e. The second-order valence-electron chi connectivity index (χ2n) is 1.92. The molecule has 0 unspecified atom stereocenters. The molecule has 0 aromatic heterocycles. The van der Waals surface area contributed by atoms with E-state index in [-0.39, 0.29) is 6.42 Å². The first-order valence-electron chi connectivity index (χ1n) is 3.06. The molecular formula is C6H11NO3. The van der Waals surface area contributed by atoms with E-state index in [4.69, 9.17) is 5.11 Å². The van der Waals surface area contributed by atoms with Crippen LogP contribution in [0.5, 0.6) is 0 Å². The van der Waals surface area contributed by atoms with E-state index in [1.54, 1.807) is 7.05 Å². The lowest BCUT2D eigenvalue weighted by molar-refractivity contribution is -0.139. The van der Waals surface area contributed by atoms with E-state index in [1.165, 1.54) is 0 Å². The topological polar surface area (TPSA) is 66.4 Å². The number of rotatable bonds is 5. The van der Waals surface area contributed by atoms with Crippen LogP contribution in [-0.4, -0.2) is 30.5 Å². The van der Waals surface area contributed by atoms with Gasteiger partial charge in [0.15, 0.2) is 0 Å². The number of carboxylic acids is 1. The molecule has 0 saturated heterocycles. The molecule has 0 spiro atoms. The van der Waals surface area contributed by atoms with Crippen molar-refractivity contribution in [2.75, 3.05) is 7.05 Å². The first kappa shape index (κ1) is 9.10. The van der Waals surface area contributed by atoms with E-state index in [0.717, 1.165) is 0 Å². The summed E-state index contributed by atoms with van der Waals surface area (Å²) in [5, 5.41) is 11.0. The van der Waals surface area contributed by atoms with Crippen molar-refractivity contribution in [1.29, 1.82) is 0 Å². The minimum absolute atomic E-state index is 0.289. The van der Waals surface area contributed by atoms with Gasteiger partial charge in [-0.25, -0.2) is 0 Å². The molecule has 1 atom stereocenters. The Morgan fingerprint density at radius 1 is 1.80 bits per heavy atom. The largest absolute Gasteiger partial charge is 0.480 e. The van der Waals surface area contributed by atoms with Crippen LogP contribution in [0.4, 0.5) is 0 Å². The van der Waals surface area contributed by atoms with Gasteiger partial charge in [0.05, 0.1) is 0 Å². The number of aliphatic carboxylic acids is 1. The average molecular weight is 145 g/mol. The molecule has 0 saturated carbocycles. The number of carbonyl (C=O) groups excluding carboxylic acids is 1. The summed E-state index contributed by atoms with van der Waals surface area (Å²) in [6.07, 6.45) is 1.36. The first-order chi connectivity index (χ1) is 4.72. The lowest BCUT2D eigenvalue weighted by Crippen LogP contribution is -2.33. The Morgan fingerprint density at radius 3 is 2.70 bits per heavy atom. The van der Waals surface area contributed by atoms with Gasteiger partial charge in [-0.05, 0) is 13.5 Å². The monoisotopic (exact) mass is 145 g/mol. The lowest BCUT2D eigenvalue weighted by Gasteiger charge is -2.07. The van der Waals surface area contributed by atoms with Crippen LogP contribution in [0.1, 0.15) is 12.8 Å². The zero-order chi connectivity index (χ0) is 7.98. The maximum absolute atomic E-state index is 10.3. The standard InChI is InChI=1S/C6H11NO3/c1-7-5(6(9)10)3-2-4-8/h4-5,7H,2-3H2,1H3,(H,9,10)/t5-/m1/s1. The van der Waals surface area contributed by atoms with Crippen LogP contribution in [0.25, 0.3) is 0 Å². The number of nitrogens with one attached hydrogen (secondary N) is 1. The number of hydrogen-bond acceptors (Lipinski definition) is 3. The Bertz CT molecular complexity index is 124. The number of carbonyl (C=O) groups is 2. The van der Waals surface area contributed by atoms with Crippen molar-refractivity contribution in [3.8, 4) is 0 Å². The molecule has 0 amide bonds. The van der Waals surface area contributed by atoms with E-state index in [9.17, 15) is 9.59 Å². The average Bonchev–Trinajstić information content (AvgIpc) is 1.89. The smallest absolute Gasteiger partial charge is 0.320 e. The van der Waals surface area contributed by atoms with Gasteiger partial charge in [-0.3, -0.25) is 4.79 Å². The summed E-state index contributed by atoms with van der Waals surface area (Å²) >= 11 is 0. The summed E-state index contributed by atoms with van der Waals surface area (Å²) in [7, 11) is 1.56. The molecule has 0 aromatic carbocycles. The highest BCUT2D eigenvalue weighted by Gasteiger charge is 2.12. The van der Waals surface area contributed by atoms with Crippen molar-refractivity contribution in [3.05, 3.63) is 0 Å². The van der Waals surface area contributed by atoms with Crippen LogP contribution in [0.3, 0.4) is 0 Å². The Balaban J connectivity index is 3.60. The molecular weight excluding hydrogens is 134 g/mol. The quantitative estimate of drug-likeness (QED) is 0.518. The number of aldehydes is 1. The summed E-state index contributed by atoms with van der Waals surface area (Å²) < 4.78 is 0. The summed E-state index contributed by atoms with van der Waals surface area (Å²) in [4.78, 5) is 20.1. The predicted molar refractivity (Wildman–Crippen MR) is 35.8 cm³/mol. The van der Waals surface area contributed by atoms with E-state index < -0.39 is 12.0 Å². The summed E-state index contributed by atoms with van der Waals surface area (Å²) in [5.74, 6) is -0.913. The molecule has 4 heteroatoms. The van der Waals surface area contributed by atoms with Crippen molar-refractivity contribution in [3.63, 3.8) is 0 Å². The van der Waals surface area contributed by atoms with Crippen molar-refractivity contribution in [2.24, 2.45) is 0 Å². The number of carboxylic acid groups (broad SMARTS) is 1. The number of hydrogen-bond donors (Lipinski definition) is 2. The fourth-order valence-corrected chi connectivity index (χ4v) is 0.626. The third-order valence-corrected chi connectivity index (χ3v) is 1.22. The van der Waals surface area contributed by atoms with Gasteiger partial charge in [-0.15, -0.1) is 0 Å². The molecule has 0 radical (unpaired) electrons. The predicted octanol–water partition coefficient (Wildman–Crippen LogP) is -0.362. The Kier molecular flexibility index (Phi) is 4.49. The molecule has 0 aromatic rings. The van der Waals surface area contributed by atoms with E-state index in [0.29, 0.717) is 12.7 Å². The minimum atomic E-state index is -0.913. The van der Waals surface area contributed by atoms with Crippen LogP contribution in [0.15, 0.2) is 0 Å². The van der Waals surface area contributed by atoms with Crippen LogP contribution >= 0.6 is 0 Å². The van der Waals surface area contributed by atoms with Gasteiger partial charge in [0.25, 0.3) is 0 Å². The van der Waals surface area contributed by atoms with Crippen molar-refractivity contribution in [2.45, 2.75) is 18.9 Å². The number of likely N-dealkylation sites (N-methyl/N-ethyl adjacent to an activating group) is 1. The molecule has 0 heterocycles. The third-order valence-electron chi connectivity index (χ3n) is 1.22. The Hall–Kier alpha value is -0.900. The Labute approximate surface area is 59.2 Å². The van der Waals surface area contributed by atoms with E-state index in [2.05, 4.69) is 5.32 Å². The van der Waals surface area contributed by atoms with Gasteiger partial charge in [0.1, 0.15) is 12.3 Å². The zero-order valence-electron chi connectivity index (χ0n) is 5.83.